The van der Waals surface area contributed by atoms with Gasteiger partial charge in [-0.1, -0.05) is 0 Å². The van der Waals surface area contributed by atoms with Crippen LogP contribution in [0.3, 0.4) is 0 Å². The van der Waals surface area contributed by atoms with Gasteiger partial charge in [0.25, 0.3) is 0 Å². The largest absolute Gasteiger partial charge is 0.383 e. The zero-order valence-electron chi connectivity index (χ0n) is 18.9. The molecule has 9 nitrogen and oxygen atoms in total. The van der Waals surface area contributed by atoms with Gasteiger partial charge in [-0.05, 0) is 39.7 Å². The number of carbonyl (C=O) groups is 1. The van der Waals surface area contributed by atoms with Crippen molar-refractivity contribution in [1.82, 2.24) is 30.2 Å². The number of rotatable bonds is 9. The van der Waals surface area contributed by atoms with Gasteiger partial charge in [0.15, 0.2) is 5.96 Å². The Hall–Kier alpha value is -1.40. The van der Waals surface area contributed by atoms with E-state index in [1.54, 1.807) is 28.9 Å². The van der Waals surface area contributed by atoms with E-state index in [0.717, 1.165) is 51.0 Å². The molecule has 1 aliphatic heterocycles. The van der Waals surface area contributed by atoms with Crippen LogP contribution >= 0.6 is 24.0 Å². The number of halogens is 1. The Morgan fingerprint density at radius 1 is 1.43 bits per heavy atom. The molecule has 0 spiro atoms. The fourth-order valence-corrected chi connectivity index (χ4v) is 3.53. The molecule has 2 atom stereocenters. The highest BCUT2D eigenvalue weighted by atomic mass is 127. The summed E-state index contributed by atoms with van der Waals surface area (Å²) in [5, 5.41) is 21.4. The molecular weight excluding hydrogens is 497 g/mol. The second-order valence-electron chi connectivity index (χ2n) is 8.08. The fourth-order valence-electron chi connectivity index (χ4n) is 3.53. The molecule has 10 heteroatoms. The lowest BCUT2D eigenvalue weighted by Gasteiger charge is -2.26. The summed E-state index contributed by atoms with van der Waals surface area (Å²) in [4.78, 5) is 20.8. The maximum absolute atomic E-state index is 12.3. The highest BCUT2D eigenvalue weighted by Crippen LogP contribution is 2.20. The lowest BCUT2D eigenvalue weighted by molar-refractivity contribution is -0.133. The van der Waals surface area contributed by atoms with E-state index in [1.807, 2.05) is 28.1 Å². The average molecular weight is 535 g/mol. The van der Waals surface area contributed by atoms with Crippen molar-refractivity contribution in [2.24, 2.45) is 12.0 Å². The number of likely N-dealkylation sites (N-methyl/N-ethyl adjacent to an activating group) is 1. The Kier molecular flexibility index (Phi) is 11.1. The highest BCUT2D eigenvalue weighted by Gasteiger charge is 2.31. The monoisotopic (exact) mass is 535 g/mol. The zero-order chi connectivity index (χ0) is 21.4. The van der Waals surface area contributed by atoms with Crippen molar-refractivity contribution in [2.75, 3.05) is 46.8 Å². The maximum atomic E-state index is 12.3. The van der Waals surface area contributed by atoms with E-state index in [9.17, 15) is 9.90 Å². The summed E-state index contributed by atoms with van der Waals surface area (Å²) in [5.74, 6) is 0.877. The predicted octanol–water partition coefficient (Wildman–Crippen LogP) is 0.743. The van der Waals surface area contributed by atoms with Crippen LogP contribution in [0.5, 0.6) is 0 Å². The maximum Gasteiger partial charge on any atom is 0.239 e. The molecule has 2 heterocycles. The van der Waals surface area contributed by atoms with Crippen LogP contribution in [-0.4, -0.2) is 89.4 Å². The summed E-state index contributed by atoms with van der Waals surface area (Å²) in [7, 11) is 5.46. The number of amides is 1. The number of nitrogens with one attached hydrogen (secondary N) is 2. The summed E-state index contributed by atoms with van der Waals surface area (Å²) < 4.78 is 1.67. The average Bonchev–Trinajstić information content (AvgIpc) is 3.31. The van der Waals surface area contributed by atoms with Crippen molar-refractivity contribution in [2.45, 2.75) is 44.8 Å². The van der Waals surface area contributed by atoms with Crippen molar-refractivity contribution >= 4 is 35.8 Å². The van der Waals surface area contributed by atoms with Crippen LogP contribution in [0.15, 0.2) is 17.4 Å². The Morgan fingerprint density at radius 2 is 2.17 bits per heavy atom. The third-order valence-corrected chi connectivity index (χ3v) is 5.22. The van der Waals surface area contributed by atoms with Crippen LogP contribution in [0, 0.1) is 0 Å². The number of aromatic nitrogens is 2. The second-order valence-corrected chi connectivity index (χ2v) is 8.08. The molecule has 1 saturated heterocycles. The molecule has 1 aliphatic rings. The topological polar surface area (TPSA) is 98.0 Å². The lowest BCUT2D eigenvalue weighted by atomic mass is 10.0. The lowest BCUT2D eigenvalue weighted by Crippen LogP contribution is -2.44. The van der Waals surface area contributed by atoms with Crippen LogP contribution in [0.2, 0.25) is 0 Å². The molecule has 2 unspecified atom stereocenters. The van der Waals surface area contributed by atoms with Gasteiger partial charge >= 0.3 is 0 Å². The zero-order valence-corrected chi connectivity index (χ0v) is 21.2. The molecule has 1 aromatic heterocycles. The van der Waals surface area contributed by atoms with Crippen molar-refractivity contribution in [3.05, 3.63) is 18.0 Å². The summed E-state index contributed by atoms with van der Waals surface area (Å²) in [6.07, 6.45) is 6.40. The van der Waals surface area contributed by atoms with Gasteiger partial charge in [0, 0.05) is 52.5 Å². The normalized spacial score (nSPS) is 19.1. The van der Waals surface area contributed by atoms with Gasteiger partial charge in [0.1, 0.15) is 5.60 Å². The first-order valence-corrected chi connectivity index (χ1v) is 10.4. The fraction of sp³-hybridized carbons (Fsp3) is 0.750. The van der Waals surface area contributed by atoms with Gasteiger partial charge in [-0.15, -0.1) is 24.0 Å². The SMILES string of the molecule is CCNC(=NCC(C)(O)c1cnn(C)c1)NCCCN1CCCC1C(=O)N(C)C.I. The van der Waals surface area contributed by atoms with Gasteiger partial charge in [-0.25, -0.2) is 4.99 Å². The van der Waals surface area contributed by atoms with Crippen LogP contribution < -0.4 is 10.6 Å². The number of carbonyl (C=O) groups excluding carboxylic acids is 1. The van der Waals surface area contributed by atoms with E-state index in [4.69, 9.17) is 0 Å². The van der Waals surface area contributed by atoms with Crippen LogP contribution in [0.25, 0.3) is 0 Å². The highest BCUT2D eigenvalue weighted by molar-refractivity contribution is 14.0. The number of nitrogens with zero attached hydrogens (tertiary/aromatic N) is 5. The summed E-state index contributed by atoms with van der Waals surface area (Å²) in [6, 6.07) is 0.0153. The van der Waals surface area contributed by atoms with E-state index in [1.165, 1.54) is 0 Å². The Labute approximate surface area is 197 Å². The van der Waals surface area contributed by atoms with Crippen LogP contribution in [-0.2, 0) is 17.4 Å². The second kappa shape index (κ2) is 12.5. The molecule has 1 aromatic rings. The molecule has 0 aromatic carbocycles. The number of aliphatic hydroxyl groups is 1. The molecule has 2 rings (SSSR count). The number of aliphatic imine (C=N–C) groups is 1. The summed E-state index contributed by atoms with van der Waals surface area (Å²) in [6.45, 7) is 7.34. The first-order chi connectivity index (χ1) is 13.7. The van der Waals surface area contributed by atoms with Crippen molar-refractivity contribution in [3.63, 3.8) is 0 Å². The molecule has 0 saturated carbocycles. The van der Waals surface area contributed by atoms with Crippen molar-refractivity contribution < 1.29 is 9.90 Å². The van der Waals surface area contributed by atoms with Gasteiger partial charge < -0.3 is 20.6 Å². The molecule has 1 fully saturated rings. The minimum Gasteiger partial charge on any atom is -0.383 e. The van der Waals surface area contributed by atoms with Crippen molar-refractivity contribution in [1.29, 1.82) is 0 Å². The molecule has 3 N–H and O–H groups in total. The van der Waals surface area contributed by atoms with E-state index in [-0.39, 0.29) is 42.5 Å². The molecule has 0 aliphatic carbocycles. The number of hydrogen-bond donors (Lipinski definition) is 3. The minimum absolute atomic E-state index is 0. The van der Waals surface area contributed by atoms with E-state index >= 15 is 0 Å². The molecular formula is C20H38IN7O2. The third-order valence-electron chi connectivity index (χ3n) is 5.22. The van der Waals surface area contributed by atoms with Crippen LogP contribution in [0.4, 0.5) is 0 Å². The first kappa shape index (κ1) is 26.6. The standard InChI is InChI=1S/C20H37N7O2.HI/c1-6-21-19(23-15-20(2,29)16-13-24-26(5)14-16)22-10-8-12-27-11-7-9-17(27)18(28)25(3)4;/h13-14,17,29H,6-12,15H2,1-5H3,(H2,21,22,23);1H. The number of guanidine groups is 1. The first-order valence-electron chi connectivity index (χ1n) is 10.4. The Morgan fingerprint density at radius 3 is 2.77 bits per heavy atom. The Bertz CT molecular complexity index is 690. The molecule has 1 amide bonds. The number of hydrogen-bond acceptors (Lipinski definition) is 5. The predicted molar refractivity (Wildman–Crippen MR) is 130 cm³/mol. The quantitative estimate of drug-likeness (QED) is 0.187. The minimum atomic E-state index is -1.08. The van der Waals surface area contributed by atoms with E-state index in [0.29, 0.717) is 5.96 Å². The molecule has 0 bridgehead atoms. The number of aryl methyl sites for hydroxylation is 1. The third kappa shape index (κ3) is 7.69. The molecule has 172 valence electrons. The van der Waals surface area contributed by atoms with Gasteiger partial charge in [0.2, 0.25) is 5.91 Å². The van der Waals surface area contributed by atoms with Gasteiger partial charge in [0.05, 0.1) is 18.8 Å². The van der Waals surface area contributed by atoms with Gasteiger partial charge in [-0.2, -0.15) is 5.10 Å². The number of likely N-dealkylation sites (tertiary alicyclic amines) is 1. The summed E-state index contributed by atoms with van der Waals surface area (Å²) in [5.41, 5.74) is -0.336. The van der Waals surface area contributed by atoms with E-state index in [2.05, 4.69) is 25.6 Å². The van der Waals surface area contributed by atoms with E-state index < -0.39 is 5.60 Å². The molecule has 0 radical (unpaired) electrons. The van der Waals surface area contributed by atoms with Crippen LogP contribution in [0.1, 0.15) is 38.7 Å². The van der Waals surface area contributed by atoms with Gasteiger partial charge in [-0.3, -0.25) is 14.4 Å². The Balaban J connectivity index is 0.00000450. The molecule has 30 heavy (non-hydrogen) atoms. The summed E-state index contributed by atoms with van der Waals surface area (Å²) >= 11 is 0. The van der Waals surface area contributed by atoms with Crippen molar-refractivity contribution in [3.8, 4) is 0 Å². The smallest absolute Gasteiger partial charge is 0.239 e.